The van der Waals surface area contributed by atoms with Crippen LogP contribution in [0.15, 0.2) is 12.3 Å². The molecule has 1 unspecified atom stereocenters. The van der Waals surface area contributed by atoms with E-state index in [0.717, 1.165) is 31.4 Å². The van der Waals surface area contributed by atoms with E-state index in [-0.39, 0.29) is 0 Å². The van der Waals surface area contributed by atoms with Gasteiger partial charge < -0.3 is 5.11 Å². The molecule has 3 heteroatoms. The van der Waals surface area contributed by atoms with Crippen molar-refractivity contribution >= 4 is 0 Å². The molecular weight excluding hydrogens is 200 g/mol. The van der Waals surface area contributed by atoms with E-state index in [2.05, 4.69) is 18.9 Å². The van der Waals surface area contributed by atoms with Crippen LogP contribution in [0, 0.1) is 5.41 Å². The van der Waals surface area contributed by atoms with Gasteiger partial charge in [0.05, 0.1) is 5.69 Å². The van der Waals surface area contributed by atoms with Crippen LogP contribution in [0.3, 0.4) is 0 Å². The van der Waals surface area contributed by atoms with Crippen LogP contribution in [0.2, 0.25) is 0 Å². The first-order valence-corrected chi connectivity index (χ1v) is 6.14. The van der Waals surface area contributed by atoms with E-state index < -0.39 is 5.60 Å². The normalized spacial score (nSPS) is 30.0. The van der Waals surface area contributed by atoms with Crippen LogP contribution in [0.25, 0.3) is 0 Å². The fourth-order valence-electron chi connectivity index (χ4n) is 2.74. The lowest BCUT2D eigenvalue weighted by molar-refractivity contribution is 0.0102. The van der Waals surface area contributed by atoms with E-state index in [1.54, 1.807) is 10.9 Å². The molecule has 1 N–H and O–H groups in total. The number of nitrogens with zero attached hydrogens (tertiary/aromatic N) is 2. The number of rotatable bonds is 1. The fourth-order valence-corrected chi connectivity index (χ4v) is 2.74. The first kappa shape index (κ1) is 11.6. The van der Waals surface area contributed by atoms with Crippen molar-refractivity contribution in [3.05, 3.63) is 18.0 Å². The Morgan fingerprint density at radius 1 is 1.25 bits per heavy atom. The third-order valence-electron chi connectivity index (χ3n) is 3.96. The highest BCUT2D eigenvalue weighted by Gasteiger charge is 2.36. The molecule has 1 aliphatic rings. The lowest BCUT2D eigenvalue weighted by Crippen LogP contribution is -2.28. The Balaban J connectivity index is 2.23. The van der Waals surface area contributed by atoms with Gasteiger partial charge in [-0.05, 0) is 43.6 Å². The average molecular weight is 222 g/mol. The lowest BCUT2D eigenvalue weighted by Gasteiger charge is -2.28. The second-order valence-corrected chi connectivity index (χ2v) is 5.89. The minimum atomic E-state index is -0.668. The van der Waals surface area contributed by atoms with Gasteiger partial charge in [0, 0.05) is 13.2 Å². The summed E-state index contributed by atoms with van der Waals surface area (Å²) < 4.78 is 1.80. The lowest BCUT2D eigenvalue weighted by atomic mass is 9.83. The molecule has 0 radical (unpaired) electrons. The van der Waals surface area contributed by atoms with Gasteiger partial charge in [0.1, 0.15) is 5.60 Å². The van der Waals surface area contributed by atoms with Crippen molar-refractivity contribution in [2.75, 3.05) is 0 Å². The molecule has 0 aliphatic heterocycles. The Morgan fingerprint density at radius 2 is 2.00 bits per heavy atom. The van der Waals surface area contributed by atoms with Crippen LogP contribution >= 0.6 is 0 Å². The number of aliphatic hydroxyl groups is 1. The maximum Gasteiger partial charge on any atom is 0.106 e. The molecule has 0 aromatic carbocycles. The molecule has 1 fully saturated rings. The molecule has 0 bridgehead atoms. The van der Waals surface area contributed by atoms with Crippen molar-refractivity contribution in [1.29, 1.82) is 0 Å². The van der Waals surface area contributed by atoms with Crippen LogP contribution in [-0.2, 0) is 12.6 Å². The minimum Gasteiger partial charge on any atom is -0.384 e. The predicted molar refractivity (Wildman–Crippen MR) is 64.0 cm³/mol. The van der Waals surface area contributed by atoms with Gasteiger partial charge in [-0.15, -0.1) is 0 Å². The molecule has 0 saturated heterocycles. The zero-order chi connectivity index (χ0) is 11.8. The monoisotopic (exact) mass is 222 g/mol. The molecule has 1 aliphatic carbocycles. The van der Waals surface area contributed by atoms with Crippen molar-refractivity contribution in [2.24, 2.45) is 12.5 Å². The fraction of sp³-hybridized carbons (Fsp3) is 0.769. The van der Waals surface area contributed by atoms with E-state index in [1.807, 2.05) is 13.1 Å². The zero-order valence-corrected chi connectivity index (χ0v) is 10.5. The standard InChI is InChI=1S/C13H22N2O/c1-12(2)6-4-7-13(16,9-8-12)11-5-10-14-15(11)3/h5,10,16H,4,6-9H2,1-3H3. The molecule has 2 rings (SSSR count). The van der Waals surface area contributed by atoms with Gasteiger partial charge in [0.2, 0.25) is 0 Å². The molecule has 1 atom stereocenters. The van der Waals surface area contributed by atoms with E-state index in [4.69, 9.17) is 0 Å². The molecule has 90 valence electrons. The van der Waals surface area contributed by atoms with Gasteiger partial charge in [-0.2, -0.15) is 5.10 Å². The Hall–Kier alpha value is -0.830. The van der Waals surface area contributed by atoms with Crippen LogP contribution in [0.1, 0.15) is 51.6 Å². The van der Waals surface area contributed by atoms with Crippen molar-refractivity contribution in [1.82, 2.24) is 9.78 Å². The topological polar surface area (TPSA) is 38.0 Å². The molecule has 1 aromatic rings. The summed E-state index contributed by atoms with van der Waals surface area (Å²) in [6, 6.07) is 1.94. The maximum atomic E-state index is 10.8. The van der Waals surface area contributed by atoms with Crippen LogP contribution in [0.5, 0.6) is 0 Å². The van der Waals surface area contributed by atoms with E-state index in [1.165, 1.54) is 6.42 Å². The second kappa shape index (κ2) is 3.88. The predicted octanol–water partition coefficient (Wildman–Crippen LogP) is 2.60. The minimum absolute atomic E-state index is 0.364. The van der Waals surface area contributed by atoms with Gasteiger partial charge >= 0.3 is 0 Å². The molecular formula is C13H22N2O. The Kier molecular flexibility index (Phi) is 2.82. The van der Waals surface area contributed by atoms with Crippen molar-refractivity contribution in [3.8, 4) is 0 Å². The van der Waals surface area contributed by atoms with Crippen LogP contribution < -0.4 is 0 Å². The van der Waals surface area contributed by atoms with Gasteiger partial charge in [0.15, 0.2) is 0 Å². The first-order valence-electron chi connectivity index (χ1n) is 6.14. The number of aromatic nitrogens is 2. The Bertz CT molecular complexity index is 370. The second-order valence-electron chi connectivity index (χ2n) is 5.89. The van der Waals surface area contributed by atoms with Gasteiger partial charge in [-0.3, -0.25) is 4.68 Å². The molecule has 1 saturated carbocycles. The quantitative estimate of drug-likeness (QED) is 0.742. The highest BCUT2D eigenvalue weighted by molar-refractivity contribution is 5.12. The summed E-state index contributed by atoms with van der Waals surface area (Å²) in [7, 11) is 1.91. The van der Waals surface area contributed by atoms with Crippen molar-refractivity contribution in [3.63, 3.8) is 0 Å². The molecule has 0 amide bonds. The summed E-state index contributed by atoms with van der Waals surface area (Å²) >= 11 is 0. The summed E-state index contributed by atoms with van der Waals surface area (Å²) in [5, 5.41) is 14.9. The third kappa shape index (κ3) is 2.14. The van der Waals surface area contributed by atoms with Gasteiger partial charge in [-0.25, -0.2) is 0 Å². The SMILES string of the molecule is Cn1nccc1C1(O)CCCC(C)(C)CC1. The Labute approximate surface area is 97.5 Å². The van der Waals surface area contributed by atoms with Crippen molar-refractivity contribution in [2.45, 2.75) is 51.6 Å². The average Bonchev–Trinajstić information content (AvgIpc) is 2.56. The van der Waals surface area contributed by atoms with Crippen LogP contribution in [-0.4, -0.2) is 14.9 Å². The Morgan fingerprint density at radius 3 is 2.62 bits per heavy atom. The highest BCUT2D eigenvalue weighted by Crippen LogP contribution is 2.42. The van der Waals surface area contributed by atoms with Gasteiger partial charge in [-0.1, -0.05) is 13.8 Å². The number of aryl methyl sites for hydroxylation is 1. The summed E-state index contributed by atoms with van der Waals surface area (Å²) in [4.78, 5) is 0. The van der Waals surface area contributed by atoms with Crippen molar-refractivity contribution < 1.29 is 5.11 Å². The first-order chi connectivity index (χ1) is 7.43. The smallest absolute Gasteiger partial charge is 0.106 e. The molecule has 0 spiro atoms. The summed E-state index contributed by atoms with van der Waals surface area (Å²) in [6.07, 6.45) is 6.84. The highest BCUT2D eigenvalue weighted by atomic mass is 16.3. The maximum absolute atomic E-state index is 10.8. The summed E-state index contributed by atoms with van der Waals surface area (Å²) in [6.45, 7) is 4.59. The molecule has 3 nitrogen and oxygen atoms in total. The molecule has 1 heterocycles. The van der Waals surface area contributed by atoms with E-state index in [0.29, 0.717) is 5.41 Å². The molecule has 1 aromatic heterocycles. The largest absolute Gasteiger partial charge is 0.384 e. The van der Waals surface area contributed by atoms with Gasteiger partial charge in [0.25, 0.3) is 0 Å². The zero-order valence-electron chi connectivity index (χ0n) is 10.5. The van der Waals surface area contributed by atoms with E-state index in [9.17, 15) is 5.11 Å². The summed E-state index contributed by atoms with van der Waals surface area (Å²) in [5.74, 6) is 0. The number of hydrogen-bond donors (Lipinski definition) is 1. The van der Waals surface area contributed by atoms with E-state index >= 15 is 0 Å². The number of hydrogen-bond acceptors (Lipinski definition) is 2. The van der Waals surface area contributed by atoms with Crippen LogP contribution in [0.4, 0.5) is 0 Å². The third-order valence-corrected chi connectivity index (χ3v) is 3.96. The molecule has 16 heavy (non-hydrogen) atoms. The summed E-state index contributed by atoms with van der Waals surface area (Å²) in [5.41, 5.74) is 0.660.